The topological polar surface area (TPSA) is 69.6 Å². The summed E-state index contributed by atoms with van der Waals surface area (Å²) in [5, 5.41) is 12.1. The average Bonchev–Trinajstić information content (AvgIpc) is 2.36. The van der Waals surface area contributed by atoms with Crippen LogP contribution in [-0.2, 0) is 9.59 Å². The molecule has 110 valence electrons. The van der Waals surface area contributed by atoms with Crippen molar-refractivity contribution in [1.82, 2.24) is 10.2 Å². The zero-order valence-electron chi connectivity index (χ0n) is 12.2. The Morgan fingerprint density at radius 1 is 1.26 bits per heavy atom. The molecule has 1 fully saturated rings. The lowest BCUT2D eigenvalue weighted by Crippen LogP contribution is -2.48. The molecule has 1 atom stereocenters. The molecule has 1 heterocycles. The number of aliphatic carboxylic acids is 1. The second kappa shape index (κ2) is 7.48. The summed E-state index contributed by atoms with van der Waals surface area (Å²) in [4.78, 5) is 24.3. The molecule has 0 spiro atoms. The summed E-state index contributed by atoms with van der Waals surface area (Å²) in [7, 11) is 0. The largest absolute Gasteiger partial charge is 0.481 e. The summed E-state index contributed by atoms with van der Waals surface area (Å²) in [6.45, 7) is 7.50. The maximum absolute atomic E-state index is 11.8. The Balaban J connectivity index is 2.26. The van der Waals surface area contributed by atoms with E-state index in [0.717, 1.165) is 25.9 Å². The fraction of sp³-hybridized carbons (Fsp3) is 0.857. The SMILES string of the molecule is CC(CCC(=O)O)NC1CCN(C(=O)C(C)C)CC1. The van der Waals surface area contributed by atoms with Crippen LogP contribution in [0.4, 0.5) is 0 Å². The Kier molecular flexibility index (Phi) is 6.28. The van der Waals surface area contributed by atoms with E-state index in [9.17, 15) is 9.59 Å². The van der Waals surface area contributed by atoms with Crippen molar-refractivity contribution in [3.05, 3.63) is 0 Å². The lowest BCUT2D eigenvalue weighted by Gasteiger charge is -2.34. The first-order chi connectivity index (χ1) is 8.90. The number of nitrogens with zero attached hydrogens (tertiary/aromatic N) is 1. The minimum absolute atomic E-state index is 0.0685. The van der Waals surface area contributed by atoms with Crippen molar-refractivity contribution < 1.29 is 14.7 Å². The van der Waals surface area contributed by atoms with Crippen molar-refractivity contribution in [2.24, 2.45) is 5.92 Å². The summed E-state index contributed by atoms with van der Waals surface area (Å²) in [6, 6.07) is 0.619. The van der Waals surface area contributed by atoms with Crippen molar-refractivity contribution in [1.29, 1.82) is 0 Å². The van der Waals surface area contributed by atoms with E-state index in [4.69, 9.17) is 5.11 Å². The van der Waals surface area contributed by atoms with Gasteiger partial charge in [-0.1, -0.05) is 13.8 Å². The number of hydrogen-bond acceptors (Lipinski definition) is 3. The monoisotopic (exact) mass is 270 g/mol. The molecule has 0 aromatic heterocycles. The molecule has 1 amide bonds. The number of rotatable bonds is 6. The van der Waals surface area contributed by atoms with Gasteiger partial charge in [0.25, 0.3) is 0 Å². The predicted octanol–water partition coefficient (Wildman–Crippen LogP) is 1.48. The third kappa shape index (κ3) is 5.59. The molecule has 1 saturated heterocycles. The number of carboxylic acids is 1. The third-order valence-electron chi connectivity index (χ3n) is 3.61. The normalized spacial score (nSPS) is 18.6. The molecule has 0 radical (unpaired) electrons. The zero-order valence-corrected chi connectivity index (χ0v) is 12.2. The van der Waals surface area contributed by atoms with Crippen LogP contribution >= 0.6 is 0 Å². The van der Waals surface area contributed by atoms with Gasteiger partial charge in [-0.05, 0) is 26.2 Å². The molecule has 5 nitrogen and oxygen atoms in total. The molecule has 0 aliphatic carbocycles. The van der Waals surface area contributed by atoms with Gasteiger partial charge in [-0.3, -0.25) is 9.59 Å². The van der Waals surface area contributed by atoms with E-state index in [-0.39, 0.29) is 24.3 Å². The molecule has 0 saturated carbocycles. The summed E-state index contributed by atoms with van der Waals surface area (Å²) in [5.41, 5.74) is 0. The van der Waals surface area contributed by atoms with E-state index in [2.05, 4.69) is 5.32 Å². The zero-order chi connectivity index (χ0) is 14.4. The van der Waals surface area contributed by atoms with Gasteiger partial charge in [0.2, 0.25) is 5.91 Å². The fourth-order valence-corrected chi connectivity index (χ4v) is 2.46. The second-order valence-corrected chi connectivity index (χ2v) is 5.75. The Morgan fingerprint density at radius 3 is 2.32 bits per heavy atom. The summed E-state index contributed by atoms with van der Waals surface area (Å²) >= 11 is 0. The minimum Gasteiger partial charge on any atom is -0.481 e. The number of nitrogens with one attached hydrogen (secondary N) is 1. The maximum atomic E-state index is 11.8. The van der Waals surface area contributed by atoms with Crippen LogP contribution in [0.1, 0.15) is 46.5 Å². The van der Waals surface area contributed by atoms with Crippen molar-refractivity contribution in [2.45, 2.75) is 58.5 Å². The van der Waals surface area contributed by atoms with E-state index < -0.39 is 5.97 Å². The van der Waals surface area contributed by atoms with Gasteiger partial charge in [-0.2, -0.15) is 0 Å². The molecular weight excluding hydrogens is 244 g/mol. The number of likely N-dealkylation sites (tertiary alicyclic amines) is 1. The number of hydrogen-bond donors (Lipinski definition) is 2. The van der Waals surface area contributed by atoms with Gasteiger partial charge >= 0.3 is 5.97 Å². The summed E-state index contributed by atoms with van der Waals surface area (Å²) in [5.74, 6) is -0.442. The lowest BCUT2D eigenvalue weighted by molar-refractivity contribution is -0.137. The smallest absolute Gasteiger partial charge is 0.303 e. The molecule has 0 aromatic carbocycles. The molecule has 2 N–H and O–H groups in total. The molecule has 0 bridgehead atoms. The number of amides is 1. The number of carboxylic acid groups (broad SMARTS) is 1. The van der Waals surface area contributed by atoms with Gasteiger partial charge in [0, 0.05) is 37.5 Å². The number of piperidine rings is 1. The van der Waals surface area contributed by atoms with Crippen molar-refractivity contribution >= 4 is 11.9 Å². The predicted molar refractivity (Wildman–Crippen MR) is 73.9 cm³/mol. The average molecular weight is 270 g/mol. The Hall–Kier alpha value is -1.10. The van der Waals surface area contributed by atoms with Crippen LogP contribution in [0, 0.1) is 5.92 Å². The maximum Gasteiger partial charge on any atom is 0.303 e. The van der Waals surface area contributed by atoms with Crippen molar-refractivity contribution in [3.8, 4) is 0 Å². The Bertz CT molecular complexity index is 310. The first kappa shape index (κ1) is 16.0. The van der Waals surface area contributed by atoms with Crippen LogP contribution in [-0.4, -0.2) is 47.1 Å². The molecule has 5 heteroatoms. The van der Waals surface area contributed by atoms with E-state index in [1.807, 2.05) is 25.7 Å². The standard InChI is InChI=1S/C14H26N2O3/c1-10(2)14(19)16-8-6-12(7-9-16)15-11(3)4-5-13(17)18/h10-12,15H,4-9H2,1-3H3,(H,17,18). The Labute approximate surface area is 115 Å². The highest BCUT2D eigenvalue weighted by Gasteiger charge is 2.24. The van der Waals surface area contributed by atoms with Crippen LogP contribution < -0.4 is 5.32 Å². The third-order valence-corrected chi connectivity index (χ3v) is 3.61. The first-order valence-corrected chi connectivity index (χ1v) is 7.16. The van der Waals surface area contributed by atoms with Gasteiger partial charge in [-0.25, -0.2) is 0 Å². The second-order valence-electron chi connectivity index (χ2n) is 5.75. The van der Waals surface area contributed by atoms with Gasteiger partial charge in [0.1, 0.15) is 0 Å². The van der Waals surface area contributed by atoms with Crippen LogP contribution in [0.5, 0.6) is 0 Å². The summed E-state index contributed by atoms with van der Waals surface area (Å²) in [6.07, 6.45) is 2.77. The van der Waals surface area contributed by atoms with E-state index in [1.54, 1.807) is 0 Å². The van der Waals surface area contributed by atoms with E-state index in [0.29, 0.717) is 12.5 Å². The summed E-state index contributed by atoms with van der Waals surface area (Å²) < 4.78 is 0. The van der Waals surface area contributed by atoms with Crippen LogP contribution in [0.15, 0.2) is 0 Å². The highest BCUT2D eigenvalue weighted by atomic mass is 16.4. The number of carbonyl (C=O) groups excluding carboxylic acids is 1. The van der Waals surface area contributed by atoms with Gasteiger partial charge in [0.05, 0.1) is 0 Å². The highest BCUT2D eigenvalue weighted by Crippen LogP contribution is 2.14. The van der Waals surface area contributed by atoms with E-state index in [1.165, 1.54) is 0 Å². The van der Waals surface area contributed by atoms with E-state index >= 15 is 0 Å². The van der Waals surface area contributed by atoms with Gasteiger partial charge in [-0.15, -0.1) is 0 Å². The van der Waals surface area contributed by atoms with Crippen LogP contribution in [0.25, 0.3) is 0 Å². The van der Waals surface area contributed by atoms with Crippen LogP contribution in [0.3, 0.4) is 0 Å². The fourth-order valence-electron chi connectivity index (χ4n) is 2.46. The van der Waals surface area contributed by atoms with Gasteiger partial charge < -0.3 is 15.3 Å². The Morgan fingerprint density at radius 2 is 1.84 bits per heavy atom. The lowest BCUT2D eigenvalue weighted by atomic mass is 10.0. The number of carbonyl (C=O) groups is 2. The molecule has 1 unspecified atom stereocenters. The van der Waals surface area contributed by atoms with Crippen LogP contribution in [0.2, 0.25) is 0 Å². The van der Waals surface area contributed by atoms with Crippen molar-refractivity contribution in [3.63, 3.8) is 0 Å². The minimum atomic E-state index is -0.744. The molecule has 1 rings (SSSR count). The quantitative estimate of drug-likeness (QED) is 0.767. The molecule has 19 heavy (non-hydrogen) atoms. The molecular formula is C14H26N2O3. The highest BCUT2D eigenvalue weighted by molar-refractivity contribution is 5.78. The van der Waals surface area contributed by atoms with Crippen molar-refractivity contribution in [2.75, 3.05) is 13.1 Å². The molecule has 1 aliphatic rings. The molecule has 1 aliphatic heterocycles. The first-order valence-electron chi connectivity index (χ1n) is 7.16. The molecule has 0 aromatic rings. The van der Waals surface area contributed by atoms with Gasteiger partial charge in [0.15, 0.2) is 0 Å².